The van der Waals surface area contributed by atoms with E-state index in [2.05, 4.69) is 10.2 Å². The Morgan fingerprint density at radius 2 is 1.10 bits per heavy atom. The van der Waals surface area contributed by atoms with Gasteiger partial charge in [-0.3, -0.25) is 0 Å². The summed E-state index contributed by atoms with van der Waals surface area (Å²) in [5, 5.41) is 27.8. The van der Waals surface area contributed by atoms with E-state index in [-0.39, 0.29) is 32.9 Å². The molecule has 0 aliphatic rings. The van der Waals surface area contributed by atoms with Crippen molar-refractivity contribution in [3.8, 4) is 11.5 Å². The van der Waals surface area contributed by atoms with Crippen LogP contribution in [0, 0.1) is 13.8 Å². The molecule has 104 valence electrons. The first-order valence-electron chi connectivity index (χ1n) is 5.78. The Morgan fingerprint density at radius 1 is 0.750 bits per heavy atom. The number of aromatic hydroxyl groups is 2. The van der Waals surface area contributed by atoms with Gasteiger partial charge in [0.15, 0.2) is 11.5 Å². The summed E-state index contributed by atoms with van der Waals surface area (Å²) < 4.78 is 0. The number of benzene rings is 2. The number of phenolic OH excluding ortho intramolecular Hbond substituents is 2. The zero-order valence-corrected chi connectivity index (χ0v) is 12.4. The molecule has 0 unspecified atom stereocenters. The number of rotatable bonds is 2. The monoisotopic (exact) mass is 310 g/mol. The van der Waals surface area contributed by atoms with E-state index >= 15 is 0 Å². The molecule has 2 rings (SSSR count). The third kappa shape index (κ3) is 3.03. The Kier molecular flexibility index (Phi) is 4.16. The number of hydrogen-bond donors (Lipinski definition) is 2. The highest BCUT2D eigenvalue weighted by molar-refractivity contribution is 6.32. The van der Waals surface area contributed by atoms with Crippen molar-refractivity contribution in [2.75, 3.05) is 0 Å². The number of halogens is 2. The molecule has 0 aliphatic carbocycles. The van der Waals surface area contributed by atoms with Crippen molar-refractivity contribution >= 4 is 34.6 Å². The van der Waals surface area contributed by atoms with Gasteiger partial charge in [-0.05, 0) is 49.2 Å². The maximum atomic E-state index is 9.80. The van der Waals surface area contributed by atoms with Crippen molar-refractivity contribution in [1.82, 2.24) is 0 Å². The number of nitrogens with zero attached hydrogens (tertiary/aromatic N) is 2. The predicted octanol–water partition coefficient (Wildman–Crippen LogP) is 5.44. The molecule has 0 spiro atoms. The molecule has 2 aromatic rings. The van der Waals surface area contributed by atoms with E-state index in [0.717, 1.165) is 11.1 Å². The maximum Gasteiger partial charge on any atom is 0.161 e. The molecule has 0 saturated carbocycles. The van der Waals surface area contributed by atoms with Gasteiger partial charge in [0.1, 0.15) is 11.4 Å². The minimum absolute atomic E-state index is 0.153. The first-order valence-corrected chi connectivity index (χ1v) is 6.54. The molecule has 0 amide bonds. The third-order valence-corrected chi connectivity index (χ3v) is 3.22. The number of hydrogen-bond acceptors (Lipinski definition) is 4. The number of aryl methyl sites for hydroxylation is 2. The zero-order chi connectivity index (χ0) is 14.9. The fraction of sp³-hybridized carbons (Fsp3) is 0.143. The Hall–Kier alpha value is -1.78. The third-order valence-electron chi connectivity index (χ3n) is 2.64. The van der Waals surface area contributed by atoms with Crippen LogP contribution >= 0.6 is 23.2 Å². The van der Waals surface area contributed by atoms with Crippen molar-refractivity contribution in [3.63, 3.8) is 0 Å². The maximum absolute atomic E-state index is 9.80. The number of phenols is 2. The largest absolute Gasteiger partial charge is 0.504 e. The molecule has 20 heavy (non-hydrogen) atoms. The lowest BCUT2D eigenvalue weighted by atomic mass is 10.2. The van der Waals surface area contributed by atoms with Gasteiger partial charge in [-0.1, -0.05) is 23.2 Å². The topological polar surface area (TPSA) is 65.2 Å². The van der Waals surface area contributed by atoms with Gasteiger partial charge < -0.3 is 10.2 Å². The molecule has 0 bridgehead atoms. The smallest absolute Gasteiger partial charge is 0.161 e. The lowest BCUT2D eigenvalue weighted by Gasteiger charge is -2.04. The summed E-state index contributed by atoms with van der Waals surface area (Å²) in [6.45, 7) is 3.65. The van der Waals surface area contributed by atoms with E-state index in [1.54, 1.807) is 24.3 Å². The van der Waals surface area contributed by atoms with Crippen molar-refractivity contribution in [3.05, 3.63) is 45.4 Å². The highest BCUT2D eigenvalue weighted by Crippen LogP contribution is 2.39. The summed E-state index contributed by atoms with van der Waals surface area (Å²) in [5.74, 6) is -0.307. The molecule has 0 aliphatic heterocycles. The van der Waals surface area contributed by atoms with E-state index in [4.69, 9.17) is 23.2 Å². The highest BCUT2D eigenvalue weighted by Gasteiger charge is 2.09. The second-order valence-corrected chi connectivity index (χ2v) is 5.24. The van der Waals surface area contributed by atoms with Gasteiger partial charge in [0.25, 0.3) is 0 Å². The Bertz CT molecular complexity index is 641. The Labute approximate surface area is 126 Å². The van der Waals surface area contributed by atoms with E-state index in [1.165, 1.54) is 0 Å². The normalized spacial score (nSPS) is 11.2. The van der Waals surface area contributed by atoms with Crippen LogP contribution in [0.15, 0.2) is 34.5 Å². The van der Waals surface area contributed by atoms with Gasteiger partial charge in [-0.2, -0.15) is 0 Å². The standard InChI is InChI=1S/C14H12Cl2N2O2/c1-7-3-9(15)13(19)11(5-7)17-18-12-6-8(2)4-10(16)14(12)20/h3-6,19-20H,1-2H3/b18-17+. The van der Waals surface area contributed by atoms with Crippen LogP contribution < -0.4 is 0 Å². The molecular formula is C14H12Cl2N2O2. The number of azo groups is 1. The fourth-order valence-electron chi connectivity index (χ4n) is 1.69. The zero-order valence-electron chi connectivity index (χ0n) is 10.9. The lowest BCUT2D eigenvalue weighted by Crippen LogP contribution is -1.77. The summed E-state index contributed by atoms with van der Waals surface area (Å²) in [4.78, 5) is 0. The molecule has 0 radical (unpaired) electrons. The Morgan fingerprint density at radius 3 is 1.45 bits per heavy atom. The van der Waals surface area contributed by atoms with Crippen LogP contribution in [0.5, 0.6) is 11.5 Å². The van der Waals surface area contributed by atoms with Crippen molar-refractivity contribution in [1.29, 1.82) is 0 Å². The highest BCUT2D eigenvalue weighted by atomic mass is 35.5. The molecule has 2 aromatic carbocycles. The summed E-state index contributed by atoms with van der Waals surface area (Å²) in [6, 6.07) is 6.52. The predicted molar refractivity (Wildman–Crippen MR) is 79.9 cm³/mol. The van der Waals surface area contributed by atoms with Crippen LogP contribution in [0.2, 0.25) is 10.0 Å². The van der Waals surface area contributed by atoms with Crippen LogP contribution in [0.3, 0.4) is 0 Å². The summed E-state index contributed by atoms with van der Waals surface area (Å²) >= 11 is 11.7. The fourth-order valence-corrected chi connectivity index (χ4v) is 2.23. The van der Waals surface area contributed by atoms with Gasteiger partial charge in [0.2, 0.25) is 0 Å². The van der Waals surface area contributed by atoms with Crippen LogP contribution in [-0.2, 0) is 0 Å². The van der Waals surface area contributed by atoms with E-state index < -0.39 is 0 Å². The minimum Gasteiger partial charge on any atom is -0.504 e. The quantitative estimate of drug-likeness (QED) is 0.725. The molecule has 0 saturated heterocycles. The molecule has 0 fully saturated rings. The molecule has 0 aromatic heterocycles. The first-order chi connectivity index (χ1) is 9.38. The van der Waals surface area contributed by atoms with Crippen molar-refractivity contribution in [2.24, 2.45) is 10.2 Å². The summed E-state index contributed by atoms with van der Waals surface area (Å²) in [7, 11) is 0. The second-order valence-electron chi connectivity index (χ2n) is 4.43. The average molecular weight is 311 g/mol. The molecular weight excluding hydrogens is 299 g/mol. The lowest BCUT2D eigenvalue weighted by molar-refractivity contribution is 0.474. The van der Waals surface area contributed by atoms with Crippen LogP contribution in [0.1, 0.15) is 11.1 Å². The van der Waals surface area contributed by atoms with Gasteiger partial charge >= 0.3 is 0 Å². The van der Waals surface area contributed by atoms with Crippen LogP contribution in [0.25, 0.3) is 0 Å². The molecule has 6 heteroatoms. The SMILES string of the molecule is Cc1cc(Cl)c(O)c(/N=N/c2cc(C)cc(Cl)c2O)c1. The average Bonchev–Trinajstić information content (AvgIpc) is 2.37. The summed E-state index contributed by atoms with van der Waals surface area (Å²) in [5.41, 5.74) is 2.14. The minimum atomic E-state index is -0.153. The molecule has 0 atom stereocenters. The van der Waals surface area contributed by atoms with Crippen molar-refractivity contribution < 1.29 is 10.2 Å². The van der Waals surface area contributed by atoms with E-state index in [0.29, 0.717) is 0 Å². The second kappa shape index (κ2) is 5.69. The Balaban J connectivity index is 2.45. The first kappa shape index (κ1) is 14.6. The van der Waals surface area contributed by atoms with Gasteiger partial charge in [-0.15, -0.1) is 10.2 Å². The van der Waals surface area contributed by atoms with Gasteiger partial charge in [-0.25, -0.2) is 0 Å². The van der Waals surface area contributed by atoms with Crippen molar-refractivity contribution in [2.45, 2.75) is 13.8 Å². The van der Waals surface area contributed by atoms with Gasteiger partial charge in [0, 0.05) is 0 Å². The summed E-state index contributed by atoms with van der Waals surface area (Å²) in [6.07, 6.45) is 0. The van der Waals surface area contributed by atoms with E-state index in [9.17, 15) is 10.2 Å². The molecule has 2 N–H and O–H groups in total. The van der Waals surface area contributed by atoms with E-state index in [1.807, 2.05) is 13.8 Å². The molecule has 0 heterocycles. The molecule has 4 nitrogen and oxygen atoms in total. The van der Waals surface area contributed by atoms with Crippen LogP contribution in [-0.4, -0.2) is 10.2 Å². The van der Waals surface area contributed by atoms with Crippen LogP contribution in [0.4, 0.5) is 11.4 Å². The van der Waals surface area contributed by atoms with Gasteiger partial charge in [0.05, 0.1) is 10.0 Å².